The van der Waals surface area contributed by atoms with Crippen molar-refractivity contribution >= 4 is 0 Å². The van der Waals surface area contributed by atoms with Crippen LogP contribution in [0.5, 0.6) is 0 Å². The molecule has 0 spiro atoms. The summed E-state index contributed by atoms with van der Waals surface area (Å²) in [6.45, 7) is 10.3. The highest BCUT2D eigenvalue weighted by Crippen LogP contribution is 2.14. The fourth-order valence-electron chi connectivity index (χ4n) is 1.17. The molecular weight excluding hydrogens is 136 g/mol. The van der Waals surface area contributed by atoms with Gasteiger partial charge in [0.05, 0.1) is 6.10 Å². The lowest BCUT2D eigenvalue weighted by molar-refractivity contribution is 0.0990. The quantitative estimate of drug-likeness (QED) is 0.669. The fraction of sp³-hybridized carbons (Fsp3) is 1.00. The molecule has 70 valence electrons. The normalized spacial score (nSPS) is 12.3. The van der Waals surface area contributed by atoms with Crippen molar-refractivity contribution in [1.29, 1.82) is 0 Å². The molecule has 11 heavy (non-hydrogen) atoms. The number of hydrogen-bond acceptors (Lipinski definition) is 1. The van der Waals surface area contributed by atoms with Gasteiger partial charge in [-0.25, -0.2) is 0 Å². The summed E-state index contributed by atoms with van der Waals surface area (Å²) in [5.74, 6) is 0.523. The van der Waals surface area contributed by atoms with Gasteiger partial charge in [-0.2, -0.15) is 0 Å². The van der Waals surface area contributed by atoms with Gasteiger partial charge in [0.25, 0.3) is 0 Å². The Balaban J connectivity index is 0. The fourth-order valence-corrected chi connectivity index (χ4v) is 1.17. The summed E-state index contributed by atoms with van der Waals surface area (Å²) in [6, 6.07) is 0. The highest BCUT2D eigenvalue weighted by molar-refractivity contribution is 4.63. The molecule has 0 rings (SSSR count). The molecule has 0 amide bonds. The minimum Gasteiger partial charge on any atom is -0.393 e. The van der Waals surface area contributed by atoms with E-state index >= 15 is 0 Å². The van der Waals surface area contributed by atoms with Crippen LogP contribution in [0.2, 0.25) is 0 Å². The Hall–Kier alpha value is -0.0400. The second-order valence-corrected chi connectivity index (χ2v) is 2.55. The van der Waals surface area contributed by atoms with E-state index in [1.54, 1.807) is 0 Å². The van der Waals surface area contributed by atoms with Crippen molar-refractivity contribution in [3.8, 4) is 0 Å². The van der Waals surface area contributed by atoms with E-state index in [0.717, 1.165) is 19.3 Å². The zero-order valence-corrected chi connectivity index (χ0v) is 8.72. The molecule has 0 heterocycles. The van der Waals surface area contributed by atoms with Crippen molar-refractivity contribution < 1.29 is 5.11 Å². The monoisotopic (exact) mass is 160 g/mol. The van der Waals surface area contributed by atoms with Crippen LogP contribution in [0, 0.1) is 5.92 Å². The summed E-state index contributed by atoms with van der Waals surface area (Å²) in [5.41, 5.74) is 0. The van der Waals surface area contributed by atoms with Gasteiger partial charge in [0.15, 0.2) is 0 Å². The van der Waals surface area contributed by atoms with E-state index in [2.05, 4.69) is 13.8 Å². The SMILES string of the molecule is CC.CCC(O)C(CC)CC. The van der Waals surface area contributed by atoms with Crippen molar-refractivity contribution in [3.63, 3.8) is 0 Å². The molecule has 1 unspecified atom stereocenters. The maximum absolute atomic E-state index is 9.32. The van der Waals surface area contributed by atoms with Crippen molar-refractivity contribution in [1.82, 2.24) is 0 Å². The van der Waals surface area contributed by atoms with Gasteiger partial charge < -0.3 is 5.11 Å². The first-order chi connectivity index (χ1) is 5.26. The molecule has 0 aromatic heterocycles. The van der Waals surface area contributed by atoms with Crippen LogP contribution in [0.3, 0.4) is 0 Å². The van der Waals surface area contributed by atoms with E-state index in [9.17, 15) is 5.11 Å². The zero-order chi connectivity index (χ0) is 9.28. The summed E-state index contributed by atoms with van der Waals surface area (Å²) >= 11 is 0. The number of rotatable bonds is 4. The Morgan fingerprint density at radius 1 is 0.909 bits per heavy atom. The lowest BCUT2D eigenvalue weighted by Crippen LogP contribution is -2.17. The number of hydrogen-bond donors (Lipinski definition) is 1. The van der Waals surface area contributed by atoms with E-state index in [4.69, 9.17) is 0 Å². The molecule has 0 aromatic carbocycles. The van der Waals surface area contributed by atoms with Gasteiger partial charge in [-0.3, -0.25) is 0 Å². The first kappa shape index (κ1) is 13.5. The minimum atomic E-state index is -0.0694. The predicted octanol–water partition coefficient (Wildman–Crippen LogP) is 3.22. The second kappa shape index (κ2) is 9.96. The Labute approximate surface area is 71.8 Å². The largest absolute Gasteiger partial charge is 0.393 e. The third kappa shape index (κ3) is 6.36. The molecule has 1 nitrogen and oxygen atoms in total. The van der Waals surface area contributed by atoms with Crippen molar-refractivity contribution in [2.45, 2.75) is 60.0 Å². The van der Waals surface area contributed by atoms with Gasteiger partial charge in [-0.15, -0.1) is 0 Å². The smallest absolute Gasteiger partial charge is 0.0565 e. The highest BCUT2D eigenvalue weighted by atomic mass is 16.3. The van der Waals surface area contributed by atoms with Crippen LogP contribution in [-0.4, -0.2) is 11.2 Å². The number of aliphatic hydroxyl groups excluding tert-OH is 1. The molecular formula is C10H24O. The lowest BCUT2D eigenvalue weighted by atomic mass is 9.95. The average Bonchev–Trinajstić information content (AvgIpc) is 2.10. The third-order valence-corrected chi connectivity index (χ3v) is 2.01. The standard InChI is InChI=1S/C8H18O.C2H6/c1-4-7(5-2)8(9)6-3;1-2/h7-9H,4-6H2,1-3H3;1-2H3. The lowest BCUT2D eigenvalue weighted by Gasteiger charge is -2.17. The van der Waals surface area contributed by atoms with Crippen LogP contribution in [0.15, 0.2) is 0 Å². The zero-order valence-electron chi connectivity index (χ0n) is 8.72. The van der Waals surface area contributed by atoms with E-state index in [1.807, 2.05) is 20.8 Å². The van der Waals surface area contributed by atoms with Crippen LogP contribution in [0.25, 0.3) is 0 Å². The van der Waals surface area contributed by atoms with Crippen molar-refractivity contribution in [3.05, 3.63) is 0 Å². The van der Waals surface area contributed by atoms with Crippen molar-refractivity contribution in [2.75, 3.05) is 0 Å². The van der Waals surface area contributed by atoms with E-state index in [-0.39, 0.29) is 6.10 Å². The maximum atomic E-state index is 9.32. The van der Waals surface area contributed by atoms with Crippen LogP contribution in [0.1, 0.15) is 53.9 Å². The van der Waals surface area contributed by atoms with Gasteiger partial charge in [0.2, 0.25) is 0 Å². The Morgan fingerprint density at radius 3 is 1.36 bits per heavy atom. The van der Waals surface area contributed by atoms with E-state index in [0.29, 0.717) is 5.92 Å². The summed E-state index contributed by atoms with van der Waals surface area (Å²) < 4.78 is 0. The molecule has 1 N–H and O–H groups in total. The first-order valence-electron chi connectivity index (χ1n) is 4.94. The van der Waals surface area contributed by atoms with Crippen LogP contribution in [0.4, 0.5) is 0 Å². The molecule has 0 aliphatic rings. The van der Waals surface area contributed by atoms with Gasteiger partial charge in [-0.05, 0) is 12.3 Å². The Bertz CT molecular complexity index is 57.9. The molecule has 0 aromatic rings. The van der Waals surface area contributed by atoms with Crippen LogP contribution < -0.4 is 0 Å². The molecule has 0 saturated carbocycles. The molecule has 0 fully saturated rings. The average molecular weight is 160 g/mol. The summed E-state index contributed by atoms with van der Waals surface area (Å²) in [4.78, 5) is 0. The predicted molar refractivity (Wildman–Crippen MR) is 51.7 cm³/mol. The molecule has 0 radical (unpaired) electrons. The van der Waals surface area contributed by atoms with E-state index in [1.165, 1.54) is 0 Å². The van der Waals surface area contributed by atoms with Gasteiger partial charge in [0.1, 0.15) is 0 Å². The van der Waals surface area contributed by atoms with Crippen LogP contribution >= 0.6 is 0 Å². The van der Waals surface area contributed by atoms with Gasteiger partial charge in [0, 0.05) is 0 Å². The Kier molecular flexibility index (Phi) is 12.3. The maximum Gasteiger partial charge on any atom is 0.0565 e. The molecule has 1 atom stereocenters. The van der Waals surface area contributed by atoms with E-state index < -0.39 is 0 Å². The molecule has 1 heteroatoms. The molecule has 0 aliphatic carbocycles. The summed E-state index contributed by atoms with van der Waals surface area (Å²) in [7, 11) is 0. The van der Waals surface area contributed by atoms with Crippen LogP contribution in [-0.2, 0) is 0 Å². The summed E-state index contributed by atoms with van der Waals surface area (Å²) in [5, 5.41) is 9.32. The number of aliphatic hydroxyl groups is 1. The topological polar surface area (TPSA) is 20.2 Å². The highest BCUT2D eigenvalue weighted by Gasteiger charge is 2.11. The summed E-state index contributed by atoms with van der Waals surface area (Å²) in [6.07, 6.45) is 3.03. The third-order valence-electron chi connectivity index (χ3n) is 2.01. The molecule has 0 bridgehead atoms. The van der Waals surface area contributed by atoms with Gasteiger partial charge >= 0.3 is 0 Å². The first-order valence-corrected chi connectivity index (χ1v) is 4.94. The van der Waals surface area contributed by atoms with Gasteiger partial charge in [-0.1, -0.05) is 47.5 Å². The second-order valence-electron chi connectivity index (χ2n) is 2.55. The Morgan fingerprint density at radius 2 is 1.27 bits per heavy atom. The minimum absolute atomic E-state index is 0.0694. The molecule has 0 aliphatic heterocycles. The molecule has 0 saturated heterocycles. The van der Waals surface area contributed by atoms with Crippen molar-refractivity contribution in [2.24, 2.45) is 5.92 Å².